The first-order chi connectivity index (χ1) is 8.33. The number of nitrogens with one attached hydrogen (secondary N) is 2. The van der Waals surface area contributed by atoms with Gasteiger partial charge < -0.3 is 5.32 Å². The Hall–Kier alpha value is -2.21. The summed E-state index contributed by atoms with van der Waals surface area (Å²) in [5.74, 6) is -0.192. The summed E-state index contributed by atoms with van der Waals surface area (Å²) in [7, 11) is 0. The summed E-state index contributed by atoms with van der Waals surface area (Å²) in [6, 6.07) is 5.57. The molecule has 84 valence electrons. The number of carbonyl (C=O) groups is 1. The lowest BCUT2D eigenvalue weighted by molar-refractivity contribution is 0.102. The highest BCUT2D eigenvalue weighted by Crippen LogP contribution is 2.17. The summed E-state index contributed by atoms with van der Waals surface area (Å²) in [4.78, 5) is 15.7. The summed E-state index contributed by atoms with van der Waals surface area (Å²) >= 11 is 1.31. The number of rotatable bonds is 2. The van der Waals surface area contributed by atoms with E-state index < -0.39 is 0 Å². The van der Waals surface area contributed by atoms with E-state index in [1.165, 1.54) is 11.3 Å². The number of aromatic amines is 1. The van der Waals surface area contributed by atoms with Gasteiger partial charge in [0.1, 0.15) is 0 Å². The number of nitrogens with zero attached hydrogens (tertiary/aromatic N) is 2. The van der Waals surface area contributed by atoms with Crippen molar-refractivity contribution in [3.63, 3.8) is 0 Å². The van der Waals surface area contributed by atoms with Gasteiger partial charge in [-0.05, 0) is 18.2 Å². The van der Waals surface area contributed by atoms with Gasteiger partial charge in [0.2, 0.25) is 0 Å². The average Bonchev–Trinajstić information content (AvgIpc) is 2.99. The Balaban J connectivity index is 1.87. The molecule has 0 atom stereocenters. The second-order valence-corrected chi connectivity index (χ2v) is 4.36. The predicted octanol–water partition coefficient (Wildman–Crippen LogP) is 2.27. The number of benzene rings is 1. The molecule has 0 aliphatic carbocycles. The fourth-order valence-corrected chi connectivity index (χ4v) is 2.07. The Labute approximate surface area is 101 Å². The van der Waals surface area contributed by atoms with Crippen LogP contribution in [0.2, 0.25) is 0 Å². The molecule has 2 aromatic heterocycles. The molecule has 0 saturated heterocycles. The molecule has 0 radical (unpaired) electrons. The maximum atomic E-state index is 11.8. The van der Waals surface area contributed by atoms with E-state index >= 15 is 0 Å². The van der Waals surface area contributed by atoms with Gasteiger partial charge in [0.15, 0.2) is 5.01 Å². The van der Waals surface area contributed by atoms with Gasteiger partial charge in [0.25, 0.3) is 5.91 Å². The van der Waals surface area contributed by atoms with E-state index in [0.29, 0.717) is 5.01 Å². The number of hydrogen-bond donors (Lipinski definition) is 2. The van der Waals surface area contributed by atoms with Crippen molar-refractivity contribution in [2.75, 3.05) is 5.32 Å². The lowest BCUT2D eigenvalue weighted by Gasteiger charge is -2.02. The Bertz CT molecular complexity index is 659. The van der Waals surface area contributed by atoms with Crippen molar-refractivity contribution in [3.8, 4) is 0 Å². The molecule has 0 bridgehead atoms. The quantitative estimate of drug-likeness (QED) is 0.726. The molecule has 1 amide bonds. The molecule has 6 heteroatoms. The molecule has 2 N–H and O–H groups in total. The lowest BCUT2D eigenvalue weighted by atomic mass is 10.2. The molecule has 17 heavy (non-hydrogen) atoms. The van der Waals surface area contributed by atoms with Crippen molar-refractivity contribution < 1.29 is 4.79 Å². The molecule has 3 aromatic rings. The minimum absolute atomic E-state index is 0.192. The first kappa shape index (κ1) is 9.98. The molecule has 5 nitrogen and oxygen atoms in total. The summed E-state index contributed by atoms with van der Waals surface area (Å²) < 4.78 is 0. The minimum Gasteiger partial charge on any atom is -0.320 e. The predicted molar refractivity (Wildman–Crippen MR) is 66.2 cm³/mol. The molecular weight excluding hydrogens is 236 g/mol. The lowest BCUT2D eigenvalue weighted by Crippen LogP contribution is -2.11. The SMILES string of the molecule is O=C(Nc1ccc2[nH]ncc2c1)c1nccs1. The molecule has 2 heterocycles. The second kappa shape index (κ2) is 3.99. The van der Waals surface area contributed by atoms with E-state index in [9.17, 15) is 4.79 Å². The molecule has 0 aliphatic heterocycles. The Morgan fingerprint density at radius 2 is 2.35 bits per heavy atom. The number of anilines is 1. The number of hydrogen-bond acceptors (Lipinski definition) is 4. The van der Waals surface area contributed by atoms with Gasteiger partial charge in [0.05, 0.1) is 11.7 Å². The summed E-state index contributed by atoms with van der Waals surface area (Å²) in [6.07, 6.45) is 3.33. The van der Waals surface area contributed by atoms with E-state index in [1.807, 2.05) is 18.2 Å². The topological polar surface area (TPSA) is 70.7 Å². The van der Waals surface area contributed by atoms with Crippen LogP contribution in [-0.4, -0.2) is 21.1 Å². The number of aromatic nitrogens is 3. The zero-order chi connectivity index (χ0) is 11.7. The molecule has 0 spiro atoms. The molecule has 0 saturated carbocycles. The second-order valence-electron chi connectivity index (χ2n) is 3.46. The molecule has 0 aliphatic rings. The zero-order valence-electron chi connectivity index (χ0n) is 8.68. The van der Waals surface area contributed by atoms with Gasteiger partial charge in [0, 0.05) is 22.7 Å². The van der Waals surface area contributed by atoms with Crippen LogP contribution in [-0.2, 0) is 0 Å². The number of H-pyrrole nitrogens is 1. The normalized spacial score (nSPS) is 10.6. The standard InChI is InChI=1S/C11H8N4OS/c16-10(11-12-3-4-17-11)14-8-1-2-9-7(5-8)6-13-15-9/h1-6H,(H,13,15)(H,14,16). The fraction of sp³-hybridized carbons (Fsp3) is 0. The van der Waals surface area contributed by atoms with Crippen LogP contribution < -0.4 is 5.32 Å². The first-order valence-electron chi connectivity index (χ1n) is 4.97. The van der Waals surface area contributed by atoms with E-state index in [0.717, 1.165) is 16.6 Å². The monoisotopic (exact) mass is 244 g/mol. The molecule has 3 rings (SSSR count). The van der Waals surface area contributed by atoms with Gasteiger partial charge in [-0.1, -0.05) is 0 Å². The van der Waals surface area contributed by atoms with Crippen LogP contribution in [0.25, 0.3) is 10.9 Å². The third kappa shape index (κ3) is 1.90. The molecule has 1 aromatic carbocycles. The third-order valence-corrected chi connectivity index (χ3v) is 3.10. The van der Waals surface area contributed by atoms with Crippen LogP contribution in [0.15, 0.2) is 36.0 Å². The molecular formula is C11H8N4OS. The van der Waals surface area contributed by atoms with Crippen LogP contribution in [0.4, 0.5) is 5.69 Å². The summed E-state index contributed by atoms with van der Waals surface area (Å²) in [6.45, 7) is 0. The van der Waals surface area contributed by atoms with Crippen molar-refractivity contribution in [2.24, 2.45) is 0 Å². The smallest absolute Gasteiger partial charge is 0.284 e. The van der Waals surface area contributed by atoms with Crippen molar-refractivity contribution >= 4 is 33.8 Å². The van der Waals surface area contributed by atoms with Crippen LogP contribution in [0, 0.1) is 0 Å². The van der Waals surface area contributed by atoms with Crippen molar-refractivity contribution in [1.29, 1.82) is 0 Å². The molecule has 0 fully saturated rings. The van der Waals surface area contributed by atoms with Gasteiger partial charge in [-0.3, -0.25) is 9.89 Å². The number of thiazole rings is 1. The van der Waals surface area contributed by atoms with Gasteiger partial charge >= 0.3 is 0 Å². The van der Waals surface area contributed by atoms with Gasteiger partial charge in [-0.15, -0.1) is 11.3 Å². The van der Waals surface area contributed by atoms with Crippen molar-refractivity contribution in [1.82, 2.24) is 15.2 Å². The fourth-order valence-electron chi connectivity index (χ4n) is 1.54. The zero-order valence-corrected chi connectivity index (χ0v) is 9.49. The largest absolute Gasteiger partial charge is 0.320 e. The summed E-state index contributed by atoms with van der Waals surface area (Å²) in [5, 5.41) is 12.8. The summed E-state index contributed by atoms with van der Waals surface area (Å²) in [5.41, 5.74) is 1.68. The number of amides is 1. The van der Waals surface area contributed by atoms with E-state index in [1.54, 1.807) is 17.8 Å². The van der Waals surface area contributed by atoms with Gasteiger partial charge in [-0.2, -0.15) is 5.10 Å². The van der Waals surface area contributed by atoms with Crippen molar-refractivity contribution in [2.45, 2.75) is 0 Å². The van der Waals surface area contributed by atoms with Crippen LogP contribution in [0.5, 0.6) is 0 Å². The number of fused-ring (bicyclic) bond motifs is 1. The van der Waals surface area contributed by atoms with E-state index in [-0.39, 0.29) is 5.91 Å². The van der Waals surface area contributed by atoms with Crippen LogP contribution in [0.3, 0.4) is 0 Å². The highest BCUT2D eigenvalue weighted by Gasteiger charge is 2.08. The Morgan fingerprint density at radius 1 is 1.41 bits per heavy atom. The average molecular weight is 244 g/mol. The van der Waals surface area contributed by atoms with Crippen LogP contribution >= 0.6 is 11.3 Å². The first-order valence-corrected chi connectivity index (χ1v) is 5.85. The highest BCUT2D eigenvalue weighted by molar-refractivity contribution is 7.11. The molecule has 0 unspecified atom stereocenters. The minimum atomic E-state index is -0.192. The van der Waals surface area contributed by atoms with E-state index in [2.05, 4.69) is 20.5 Å². The van der Waals surface area contributed by atoms with Crippen LogP contribution in [0.1, 0.15) is 9.80 Å². The Morgan fingerprint density at radius 3 is 3.18 bits per heavy atom. The maximum absolute atomic E-state index is 11.8. The van der Waals surface area contributed by atoms with E-state index in [4.69, 9.17) is 0 Å². The Kier molecular flexibility index (Phi) is 2.34. The van der Waals surface area contributed by atoms with Gasteiger partial charge in [-0.25, -0.2) is 4.98 Å². The number of carbonyl (C=O) groups excluding carboxylic acids is 1. The highest BCUT2D eigenvalue weighted by atomic mass is 32.1. The van der Waals surface area contributed by atoms with Crippen molar-refractivity contribution in [3.05, 3.63) is 41.0 Å². The maximum Gasteiger partial charge on any atom is 0.284 e. The third-order valence-electron chi connectivity index (χ3n) is 2.32.